The van der Waals surface area contributed by atoms with E-state index < -0.39 is 0 Å². The van der Waals surface area contributed by atoms with E-state index in [-0.39, 0.29) is 11.2 Å². The first kappa shape index (κ1) is 11.5. The Morgan fingerprint density at radius 3 is 2.83 bits per heavy atom. The number of aromatic amines is 1. The predicted octanol–water partition coefficient (Wildman–Crippen LogP) is 2.81. The Kier molecular flexibility index (Phi) is 2.71. The quantitative estimate of drug-likeness (QED) is 0.897. The highest BCUT2D eigenvalue weighted by molar-refractivity contribution is 5.84. The molecule has 0 bridgehead atoms. The van der Waals surface area contributed by atoms with E-state index in [9.17, 15) is 4.79 Å². The second-order valence-corrected chi connectivity index (χ2v) is 5.22. The number of carbonyl (C=O) groups excluding carboxylic acids is 1. The number of hydrogen-bond donors (Lipinski definition) is 1. The van der Waals surface area contributed by atoms with Crippen LogP contribution < -0.4 is 0 Å². The summed E-state index contributed by atoms with van der Waals surface area (Å²) in [4.78, 5) is 14.5. The molecule has 2 heterocycles. The molecule has 1 aliphatic heterocycles. The van der Waals surface area contributed by atoms with Crippen LogP contribution in [0.25, 0.3) is 10.9 Å². The van der Waals surface area contributed by atoms with Crippen LogP contribution in [0.3, 0.4) is 0 Å². The first-order valence-corrected chi connectivity index (χ1v) is 6.35. The summed E-state index contributed by atoms with van der Waals surface area (Å²) < 4.78 is 5.42. The van der Waals surface area contributed by atoms with Gasteiger partial charge in [-0.3, -0.25) is 0 Å². The summed E-state index contributed by atoms with van der Waals surface area (Å²) in [6.45, 7) is 3.10. The molecule has 1 aromatic heterocycles. The number of rotatable bonds is 4. The molecule has 3 rings (SSSR count). The number of fused-ring (bicyclic) bond motifs is 1. The number of carbonyl (C=O) groups is 1. The van der Waals surface area contributed by atoms with Gasteiger partial charge in [-0.25, -0.2) is 0 Å². The molecule has 1 aliphatic rings. The fourth-order valence-electron chi connectivity index (χ4n) is 2.71. The van der Waals surface area contributed by atoms with Crippen LogP contribution in [0.2, 0.25) is 0 Å². The third-order valence-corrected chi connectivity index (χ3v) is 3.87. The third-order valence-electron chi connectivity index (χ3n) is 3.87. The van der Waals surface area contributed by atoms with E-state index in [4.69, 9.17) is 4.74 Å². The summed E-state index contributed by atoms with van der Waals surface area (Å²) >= 11 is 0. The zero-order chi connectivity index (χ0) is 12.6. The van der Waals surface area contributed by atoms with Crippen LogP contribution in [0.1, 0.15) is 25.3 Å². The van der Waals surface area contributed by atoms with Crippen LogP contribution in [0.15, 0.2) is 30.5 Å². The monoisotopic (exact) mass is 243 g/mol. The van der Waals surface area contributed by atoms with Crippen molar-refractivity contribution in [3.8, 4) is 0 Å². The van der Waals surface area contributed by atoms with Crippen LogP contribution >= 0.6 is 0 Å². The first-order chi connectivity index (χ1) is 8.71. The molecule has 0 amide bonds. The van der Waals surface area contributed by atoms with E-state index >= 15 is 0 Å². The van der Waals surface area contributed by atoms with Gasteiger partial charge in [0.05, 0.1) is 13.2 Å². The highest BCUT2D eigenvalue weighted by Crippen LogP contribution is 2.40. The highest BCUT2D eigenvalue weighted by atomic mass is 16.5. The van der Waals surface area contributed by atoms with Gasteiger partial charge in [0.2, 0.25) is 0 Å². The Labute approximate surface area is 106 Å². The Bertz CT molecular complexity index is 581. The van der Waals surface area contributed by atoms with E-state index in [1.165, 1.54) is 10.9 Å². The van der Waals surface area contributed by atoms with Gasteiger partial charge in [0.1, 0.15) is 5.78 Å². The lowest BCUT2D eigenvalue weighted by atomic mass is 9.74. The zero-order valence-electron chi connectivity index (χ0n) is 10.5. The van der Waals surface area contributed by atoms with Crippen LogP contribution in [0.4, 0.5) is 0 Å². The van der Waals surface area contributed by atoms with Crippen molar-refractivity contribution in [3.63, 3.8) is 0 Å². The highest BCUT2D eigenvalue weighted by Gasteiger charge is 2.41. The maximum Gasteiger partial charge on any atom is 0.129 e. The standard InChI is InChI=1S/C15H17NO2/c1-11(17)6-7-15(9-18-10-15)13-8-16-14-5-3-2-4-12(13)14/h2-5,8,16H,6-7,9-10H2,1H3. The summed E-state index contributed by atoms with van der Waals surface area (Å²) in [6, 6.07) is 8.30. The number of aromatic nitrogens is 1. The molecule has 1 N–H and O–H groups in total. The second-order valence-electron chi connectivity index (χ2n) is 5.22. The fourth-order valence-corrected chi connectivity index (χ4v) is 2.71. The maximum atomic E-state index is 11.2. The Morgan fingerprint density at radius 2 is 2.17 bits per heavy atom. The molecule has 18 heavy (non-hydrogen) atoms. The Balaban J connectivity index is 1.98. The SMILES string of the molecule is CC(=O)CCC1(c2c[nH]c3ccccc23)COC1. The van der Waals surface area contributed by atoms with Gasteiger partial charge in [-0.1, -0.05) is 18.2 Å². The van der Waals surface area contributed by atoms with E-state index in [1.54, 1.807) is 6.92 Å². The van der Waals surface area contributed by atoms with Crippen molar-refractivity contribution in [2.45, 2.75) is 25.2 Å². The topological polar surface area (TPSA) is 42.1 Å². The average molecular weight is 243 g/mol. The van der Waals surface area contributed by atoms with Gasteiger partial charge in [-0.2, -0.15) is 0 Å². The van der Waals surface area contributed by atoms with E-state index in [0.717, 1.165) is 25.2 Å². The minimum atomic E-state index is 0.0330. The predicted molar refractivity (Wildman–Crippen MR) is 70.7 cm³/mol. The normalized spacial score (nSPS) is 17.6. The van der Waals surface area contributed by atoms with Crippen LogP contribution in [-0.4, -0.2) is 24.0 Å². The van der Waals surface area contributed by atoms with E-state index in [0.29, 0.717) is 6.42 Å². The van der Waals surface area contributed by atoms with Gasteiger partial charge in [0, 0.05) is 28.9 Å². The van der Waals surface area contributed by atoms with Crippen LogP contribution in [-0.2, 0) is 14.9 Å². The van der Waals surface area contributed by atoms with Gasteiger partial charge in [-0.15, -0.1) is 0 Å². The molecule has 1 saturated heterocycles. The molecule has 0 unspecified atom stereocenters. The molecule has 1 aromatic carbocycles. The molecule has 2 aromatic rings. The molecule has 0 atom stereocenters. The summed E-state index contributed by atoms with van der Waals surface area (Å²) in [6.07, 6.45) is 3.58. The second kappa shape index (κ2) is 4.25. The molecular weight excluding hydrogens is 226 g/mol. The van der Waals surface area contributed by atoms with Crippen molar-refractivity contribution < 1.29 is 9.53 Å². The lowest BCUT2D eigenvalue weighted by Gasteiger charge is -2.41. The summed E-state index contributed by atoms with van der Waals surface area (Å²) in [5, 5.41) is 1.25. The van der Waals surface area contributed by atoms with Crippen LogP contribution in [0.5, 0.6) is 0 Å². The third kappa shape index (κ3) is 1.75. The van der Waals surface area contributed by atoms with Gasteiger partial charge in [0.15, 0.2) is 0 Å². The van der Waals surface area contributed by atoms with Crippen molar-refractivity contribution >= 4 is 16.7 Å². The first-order valence-electron chi connectivity index (χ1n) is 6.35. The van der Waals surface area contributed by atoms with Gasteiger partial charge in [0.25, 0.3) is 0 Å². The fraction of sp³-hybridized carbons (Fsp3) is 0.400. The Hall–Kier alpha value is -1.61. The molecule has 3 heteroatoms. The minimum Gasteiger partial charge on any atom is -0.379 e. The Morgan fingerprint density at radius 1 is 1.39 bits per heavy atom. The molecule has 94 valence electrons. The molecular formula is C15H17NO2. The van der Waals surface area contributed by atoms with Crippen molar-refractivity contribution in [1.82, 2.24) is 4.98 Å². The lowest BCUT2D eigenvalue weighted by Crippen LogP contribution is -2.46. The smallest absolute Gasteiger partial charge is 0.129 e. The van der Waals surface area contributed by atoms with Crippen molar-refractivity contribution in [2.24, 2.45) is 0 Å². The number of nitrogens with one attached hydrogen (secondary N) is 1. The number of H-pyrrole nitrogens is 1. The molecule has 0 radical (unpaired) electrons. The average Bonchev–Trinajstić information content (AvgIpc) is 2.72. The van der Waals surface area contributed by atoms with Crippen LogP contribution in [0, 0.1) is 0 Å². The number of ketones is 1. The number of Topliss-reactive ketones (excluding diaryl/α,β-unsaturated/α-hetero) is 1. The van der Waals surface area contributed by atoms with E-state index in [2.05, 4.69) is 29.4 Å². The number of hydrogen-bond acceptors (Lipinski definition) is 2. The van der Waals surface area contributed by atoms with Gasteiger partial charge >= 0.3 is 0 Å². The largest absolute Gasteiger partial charge is 0.379 e. The summed E-state index contributed by atoms with van der Waals surface area (Å²) in [5.41, 5.74) is 2.48. The number of benzene rings is 1. The molecule has 1 fully saturated rings. The molecule has 0 spiro atoms. The lowest BCUT2D eigenvalue weighted by molar-refractivity contribution is -0.119. The summed E-state index contributed by atoms with van der Waals surface area (Å²) in [5.74, 6) is 0.251. The zero-order valence-corrected chi connectivity index (χ0v) is 10.5. The van der Waals surface area contributed by atoms with Crippen molar-refractivity contribution in [3.05, 3.63) is 36.0 Å². The van der Waals surface area contributed by atoms with Crippen molar-refractivity contribution in [2.75, 3.05) is 13.2 Å². The van der Waals surface area contributed by atoms with Gasteiger partial charge < -0.3 is 14.5 Å². The summed E-state index contributed by atoms with van der Waals surface area (Å²) in [7, 11) is 0. The maximum absolute atomic E-state index is 11.2. The number of ether oxygens (including phenoxy) is 1. The van der Waals surface area contributed by atoms with Gasteiger partial charge in [-0.05, 0) is 25.0 Å². The molecule has 0 saturated carbocycles. The molecule has 3 nitrogen and oxygen atoms in total. The van der Waals surface area contributed by atoms with E-state index in [1.807, 2.05) is 6.07 Å². The molecule has 0 aliphatic carbocycles. The number of para-hydroxylation sites is 1. The van der Waals surface area contributed by atoms with Crippen molar-refractivity contribution in [1.29, 1.82) is 0 Å². The minimum absolute atomic E-state index is 0.0330.